The summed E-state index contributed by atoms with van der Waals surface area (Å²) in [5.74, 6) is 0.486. The standard InChI is InChI=1S/C23H35N3S/c1-21(2,3)25-16-23(18-12-8-7-9-13-18,19-14-10-11-15-24-19)20(27)26(17-25)22(4,5)6/h7-8,10-11,14-15,18H,9,12-13,16-17H2,1-6H3. The van der Waals surface area contributed by atoms with Crippen molar-refractivity contribution in [2.45, 2.75) is 77.3 Å². The number of aromatic nitrogens is 1. The van der Waals surface area contributed by atoms with Gasteiger partial charge < -0.3 is 4.90 Å². The molecule has 1 aliphatic carbocycles. The van der Waals surface area contributed by atoms with Gasteiger partial charge in [-0.25, -0.2) is 0 Å². The van der Waals surface area contributed by atoms with E-state index in [0.717, 1.165) is 36.7 Å². The van der Waals surface area contributed by atoms with Gasteiger partial charge in [0.05, 0.1) is 22.8 Å². The predicted molar refractivity (Wildman–Crippen MR) is 118 cm³/mol. The van der Waals surface area contributed by atoms with Crippen molar-refractivity contribution in [3.05, 3.63) is 42.2 Å². The van der Waals surface area contributed by atoms with Crippen LogP contribution in [0.4, 0.5) is 0 Å². The number of hydrogen-bond acceptors (Lipinski definition) is 3. The lowest BCUT2D eigenvalue weighted by Gasteiger charge is -2.58. The molecule has 1 fully saturated rings. The lowest BCUT2D eigenvalue weighted by Crippen LogP contribution is -2.69. The molecule has 2 heterocycles. The van der Waals surface area contributed by atoms with E-state index in [-0.39, 0.29) is 16.5 Å². The zero-order chi connectivity index (χ0) is 19.9. The van der Waals surface area contributed by atoms with Crippen molar-refractivity contribution < 1.29 is 0 Å². The normalized spacial score (nSPS) is 27.9. The average Bonchev–Trinajstić information content (AvgIpc) is 2.61. The van der Waals surface area contributed by atoms with E-state index in [1.807, 2.05) is 12.3 Å². The summed E-state index contributed by atoms with van der Waals surface area (Å²) in [5.41, 5.74) is 0.967. The minimum absolute atomic E-state index is 0.0223. The van der Waals surface area contributed by atoms with Gasteiger partial charge in [-0.2, -0.15) is 0 Å². The minimum atomic E-state index is -0.222. The summed E-state index contributed by atoms with van der Waals surface area (Å²) in [5, 5.41) is 0. The maximum absolute atomic E-state index is 6.28. The largest absolute Gasteiger partial charge is 0.347 e. The van der Waals surface area contributed by atoms with E-state index in [9.17, 15) is 0 Å². The molecule has 2 aliphatic rings. The van der Waals surface area contributed by atoms with Crippen LogP contribution in [0.25, 0.3) is 0 Å². The number of hydrogen-bond donors (Lipinski definition) is 0. The molecule has 1 aromatic rings. The Bertz CT molecular complexity index is 699. The molecule has 0 spiro atoms. The second kappa shape index (κ2) is 7.29. The molecule has 3 rings (SSSR count). The van der Waals surface area contributed by atoms with Crippen molar-refractivity contribution in [3.63, 3.8) is 0 Å². The van der Waals surface area contributed by atoms with Gasteiger partial charge in [-0.05, 0) is 78.9 Å². The summed E-state index contributed by atoms with van der Waals surface area (Å²) in [4.78, 5) is 11.0. The minimum Gasteiger partial charge on any atom is -0.347 e. The molecule has 27 heavy (non-hydrogen) atoms. The molecule has 0 radical (unpaired) electrons. The van der Waals surface area contributed by atoms with Crippen molar-refractivity contribution in [2.24, 2.45) is 5.92 Å². The highest BCUT2D eigenvalue weighted by Gasteiger charge is 2.53. The van der Waals surface area contributed by atoms with Crippen molar-refractivity contribution in [2.75, 3.05) is 13.2 Å². The Morgan fingerprint density at radius 1 is 1.07 bits per heavy atom. The molecule has 3 nitrogen and oxygen atoms in total. The smallest absolute Gasteiger partial charge is 0.0933 e. The Morgan fingerprint density at radius 2 is 1.81 bits per heavy atom. The van der Waals surface area contributed by atoms with Crippen LogP contribution in [0.15, 0.2) is 36.5 Å². The number of rotatable bonds is 2. The monoisotopic (exact) mass is 385 g/mol. The van der Waals surface area contributed by atoms with Gasteiger partial charge in [-0.15, -0.1) is 0 Å². The van der Waals surface area contributed by atoms with E-state index < -0.39 is 0 Å². The first-order valence-electron chi connectivity index (χ1n) is 10.2. The first kappa shape index (κ1) is 20.5. The van der Waals surface area contributed by atoms with Crippen LogP contribution in [-0.2, 0) is 5.41 Å². The van der Waals surface area contributed by atoms with E-state index in [0.29, 0.717) is 5.92 Å². The van der Waals surface area contributed by atoms with Crippen LogP contribution >= 0.6 is 12.2 Å². The van der Waals surface area contributed by atoms with Gasteiger partial charge in [0.25, 0.3) is 0 Å². The molecular weight excluding hydrogens is 350 g/mol. The first-order chi connectivity index (χ1) is 12.6. The van der Waals surface area contributed by atoms with Gasteiger partial charge in [0.2, 0.25) is 0 Å². The van der Waals surface area contributed by atoms with Gasteiger partial charge in [-0.1, -0.05) is 30.4 Å². The van der Waals surface area contributed by atoms with Gasteiger partial charge in [0, 0.05) is 23.8 Å². The third-order valence-corrected chi connectivity index (χ3v) is 6.81. The van der Waals surface area contributed by atoms with Gasteiger partial charge in [0.1, 0.15) is 0 Å². The Labute approximate surface area is 170 Å². The molecule has 2 unspecified atom stereocenters. The highest BCUT2D eigenvalue weighted by Crippen LogP contribution is 2.46. The van der Waals surface area contributed by atoms with Crippen LogP contribution in [0.5, 0.6) is 0 Å². The summed E-state index contributed by atoms with van der Waals surface area (Å²) in [6, 6.07) is 6.31. The second-order valence-corrected chi connectivity index (χ2v) is 10.5. The summed E-state index contributed by atoms with van der Waals surface area (Å²) in [6.45, 7) is 15.6. The Balaban J connectivity index is 2.18. The summed E-state index contributed by atoms with van der Waals surface area (Å²) in [6.07, 6.45) is 9.97. The van der Waals surface area contributed by atoms with Crippen LogP contribution < -0.4 is 0 Å². The SMILES string of the molecule is CC(C)(C)N1CN(C(C)(C)C)C(=S)C(c2ccccn2)(C2CC=CCC2)C1. The van der Waals surface area contributed by atoms with Gasteiger partial charge in [0.15, 0.2) is 0 Å². The number of nitrogens with zero attached hydrogens (tertiary/aromatic N) is 3. The average molecular weight is 386 g/mol. The molecule has 0 bridgehead atoms. The molecule has 0 amide bonds. The molecule has 0 aromatic carbocycles. The maximum Gasteiger partial charge on any atom is 0.0933 e. The molecule has 1 saturated heterocycles. The van der Waals surface area contributed by atoms with Crippen LogP contribution in [0.2, 0.25) is 0 Å². The Hall–Kier alpha value is -1.26. The summed E-state index contributed by atoms with van der Waals surface area (Å²) >= 11 is 6.28. The van der Waals surface area contributed by atoms with Crippen LogP contribution in [0, 0.1) is 5.92 Å². The summed E-state index contributed by atoms with van der Waals surface area (Å²) < 4.78 is 0. The van der Waals surface area contributed by atoms with Crippen molar-refractivity contribution in [1.29, 1.82) is 0 Å². The lowest BCUT2D eigenvalue weighted by molar-refractivity contribution is 0.00108. The quantitative estimate of drug-likeness (QED) is 0.516. The molecule has 0 saturated carbocycles. The zero-order valence-corrected chi connectivity index (χ0v) is 18.6. The summed E-state index contributed by atoms with van der Waals surface area (Å²) in [7, 11) is 0. The molecule has 0 N–H and O–H groups in total. The third kappa shape index (κ3) is 3.84. The molecule has 1 aromatic heterocycles. The van der Waals surface area contributed by atoms with Crippen LogP contribution in [0.3, 0.4) is 0 Å². The van der Waals surface area contributed by atoms with E-state index in [1.54, 1.807) is 0 Å². The second-order valence-electron chi connectivity index (χ2n) is 10.1. The van der Waals surface area contributed by atoms with Crippen molar-refractivity contribution in [3.8, 4) is 0 Å². The van der Waals surface area contributed by atoms with Gasteiger partial charge >= 0.3 is 0 Å². The fourth-order valence-electron chi connectivity index (χ4n) is 4.43. The first-order valence-corrected chi connectivity index (χ1v) is 10.6. The van der Waals surface area contributed by atoms with E-state index in [2.05, 4.69) is 75.6 Å². The molecule has 2 atom stereocenters. The van der Waals surface area contributed by atoms with Gasteiger partial charge in [-0.3, -0.25) is 9.88 Å². The lowest BCUT2D eigenvalue weighted by atomic mass is 9.65. The Morgan fingerprint density at radius 3 is 2.33 bits per heavy atom. The third-order valence-electron chi connectivity index (χ3n) is 6.23. The zero-order valence-electron chi connectivity index (χ0n) is 17.8. The van der Waals surface area contributed by atoms with E-state index in [1.165, 1.54) is 6.42 Å². The number of pyridine rings is 1. The number of allylic oxidation sites excluding steroid dienone is 2. The van der Waals surface area contributed by atoms with Crippen molar-refractivity contribution in [1.82, 2.24) is 14.8 Å². The molecule has 1 aliphatic heterocycles. The van der Waals surface area contributed by atoms with E-state index >= 15 is 0 Å². The van der Waals surface area contributed by atoms with E-state index in [4.69, 9.17) is 17.2 Å². The molecule has 4 heteroatoms. The fourth-order valence-corrected chi connectivity index (χ4v) is 5.10. The topological polar surface area (TPSA) is 19.4 Å². The number of thiocarbonyl (C=S) groups is 1. The van der Waals surface area contributed by atoms with Crippen LogP contribution in [0.1, 0.15) is 66.5 Å². The maximum atomic E-state index is 6.28. The fraction of sp³-hybridized carbons (Fsp3) is 0.652. The van der Waals surface area contributed by atoms with Crippen molar-refractivity contribution >= 4 is 17.2 Å². The highest BCUT2D eigenvalue weighted by atomic mass is 32.1. The Kier molecular flexibility index (Phi) is 5.53. The molecule has 148 valence electrons. The van der Waals surface area contributed by atoms with Crippen LogP contribution in [-0.4, -0.2) is 44.1 Å². The highest BCUT2D eigenvalue weighted by molar-refractivity contribution is 7.80. The predicted octanol–water partition coefficient (Wildman–Crippen LogP) is 5.18. The molecular formula is C23H35N3S.